The zero-order valence-corrected chi connectivity index (χ0v) is 10.7. The van der Waals surface area contributed by atoms with Crippen LogP contribution in [0.25, 0.3) is 10.9 Å². The summed E-state index contributed by atoms with van der Waals surface area (Å²) in [5.41, 5.74) is 3.33. The Morgan fingerprint density at radius 3 is 3.11 bits per heavy atom. The van der Waals surface area contributed by atoms with E-state index in [0.29, 0.717) is 6.04 Å². The van der Waals surface area contributed by atoms with E-state index in [-0.39, 0.29) is 0 Å². The highest BCUT2D eigenvalue weighted by atomic mass is 15.0. The molecule has 94 valence electrons. The molecule has 0 saturated carbocycles. The van der Waals surface area contributed by atoms with Crippen LogP contribution < -0.4 is 10.6 Å². The van der Waals surface area contributed by atoms with Crippen LogP contribution in [0.4, 0.5) is 5.69 Å². The summed E-state index contributed by atoms with van der Waals surface area (Å²) < 4.78 is 0. The lowest BCUT2D eigenvalue weighted by Crippen LogP contribution is -2.29. The summed E-state index contributed by atoms with van der Waals surface area (Å²) in [6.45, 7) is 4.20. The van der Waals surface area contributed by atoms with Crippen LogP contribution in [0.5, 0.6) is 0 Å². The topological polar surface area (TPSA) is 37.0 Å². The zero-order valence-electron chi connectivity index (χ0n) is 10.7. The van der Waals surface area contributed by atoms with Crippen molar-refractivity contribution in [3.8, 4) is 0 Å². The van der Waals surface area contributed by atoms with Crippen molar-refractivity contribution in [3.05, 3.63) is 36.0 Å². The van der Waals surface area contributed by atoms with Gasteiger partial charge in [0.2, 0.25) is 0 Å². The minimum Gasteiger partial charge on any atom is -0.383 e. The van der Waals surface area contributed by atoms with E-state index < -0.39 is 0 Å². The Morgan fingerprint density at radius 1 is 1.39 bits per heavy atom. The quantitative estimate of drug-likeness (QED) is 0.867. The number of aryl methyl sites for hydroxylation is 1. The molecular formula is C15H19N3. The van der Waals surface area contributed by atoms with Crippen LogP contribution in [0.2, 0.25) is 0 Å². The Labute approximate surface area is 108 Å². The van der Waals surface area contributed by atoms with Gasteiger partial charge in [-0.3, -0.25) is 4.98 Å². The van der Waals surface area contributed by atoms with E-state index in [4.69, 9.17) is 0 Å². The number of rotatable bonds is 3. The number of fused-ring (bicyclic) bond motifs is 1. The highest BCUT2D eigenvalue weighted by molar-refractivity contribution is 5.91. The molecule has 18 heavy (non-hydrogen) atoms. The van der Waals surface area contributed by atoms with Crippen molar-refractivity contribution in [1.29, 1.82) is 0 Å². The number of benzene rings is 1. The van der Waals surface area contributed by atoms with Crippen molar-refractivity contribution in [1.82, 2.24) is 10.3 Å². The smallest absolute Gasteiger partial charge is 0.0725 e. The van der Waals surface area contributed by atoms with Gasteiger partial charge in [0.05, 0.1) is 5.52 Å². The Kier molecular flexibility index (Phi) is 3.15. The molecule has 1 aliphatic rings. The number of nitrogens with zero attached hydrogens (tertiary/aromatic N) is 1. The summed E-state index contributed by atoms with van der Waals surface area (Å²) in [6, 6.07) is 11.1. The second kappa shape index (κ2) is 4.94. The Hall–Kier alpha value is -1.61. The first-order chi connectivity index (χ1) is 8.83. The molecule has 0 aliphatic carbocycles. The molecule has 2 aromatic rings. The van der Waals surface area contributed by atoms with Gasteiger partial charge < -0.3 is 10.6 Å². The van der Waals surface area contributed by atoms with Crippen molar-refractivity contribution in [2.45, 2.75) is 25.8 Å². The van der Waals surface area contributed by atoms with Gasteiger partial charge in [0.1, 0.15) is 0 Å². The standard InChI is InChI=1S/C15H19N3/c1-11-9-15(17-10-12-5-4-8-16-12)13-6-2-3-7-14(13)18-11/h2-3,6-7,9,12,16H,4-5,8,10H2,1H3,(H,17,18). The van der Waals surface area contributed by atoms with Gasteiger partial charge in [-0.05, 0) is 38.4 Å². The van der Waals surface area contributed by atoms with E-state index in [9.17, 15) is 0 Å². The van der Waals surface area contributed by atoms with Gasteiger partial charge in [-0.2, -0.15) is 0 Å². The van der Waals surface area contributed by atoms with E-state index in [1.54, 1.807) is 0 Å². The van der Waals surface area contributed by atoms with Gasteiger partial charge in [-0.25, -0.2) is 0 Å². The third kappa shape index (κ3) is 2.31. The van der Waals surface area contributed by atoms with E-state index in [1.807, 2.05) is 13.0 Å². The third-order valence-electron chi connectivity index (χ3n) is 3.55. The van der Waals surface area contributed by atoms with Gasteiger partial charge in [-0.1, -0.05) is 18.2 Å². The fourth-order valence-electron chi connectivity index (χ4n) is 2.62. The summed E-state index contributed by atoms with van der Waals surface area (Å²) in [7, 11) is 0. The molecule has 3 heteroatoms. The summed E-state index contributed by atoms with van der Waals surface area (Å²) in [5, 5.41) is 8.29. The first-order valence-electron chi connectivity index (χ1n) is 6.66. The summed E-state index contributed by atoms with van der Waals surface area (Å²) in [4.78, 5) is 4.56. The average Bonchev–Trinajstić information content (AvgIpc) is 2.89. The predicted molar refractivity (Wildman–Crippen MR) is 76.0 cm³/mol. The Morgan fingerprint density at radius 2 is 2.28 bits per heavy atom. The second-order valence-corrected chi connectivity index (χ2v) is 5.00. The fourth-order valence-corrected chi connectivity index (χ4v) is 2.62. The first kappa shape index (κ1) is 11.5. The maximum absolute atomic E-state index is 4.56. The van der Waals surface area contributed by atoms with Crippen LogP contribution >= 0.6 is 0 Å². The van der Waals surface area contributed by atoms with Gasteiger partial charge in [0.15, 0.2) is 0 Å². The molecule has 2 heterocycles. The van der Waals surface area contributed by atoms with Crippen molar-refractivity contribution in [2.75, 3.05) is 18.4 Å². The van der Waals surface area contributed by atoms with E-state index in [0.717, 1.165) is 24.3 Å². The van der Waals surface area contributed by atoms with Crippen LogP contribution in [0.15, 0.2) is 30.3 Å². The lowest BCUT2D eigenvalue weighted by atomic mass is 10.1. The number of aromatic nitrogens is 1. The molecule has 1 aliphatic heterocycles. The summed E-state index contributed by atoms with van der Waals surface area (Å²) in [6.07, 6.45) is 2.57. The van der Waals surface area contributed by atoms with Crippen LogP contribution in [0.1, 0.15) is 18.5 Å². The van der Waals surface area contributed by atoms with E-state index >= 15 is 0 Å². The van der Waals surface area contributed by atoms with Gasteiger partial charge in [-0.15, -0.1) is 0 Å². The summed E-state index contributed by atoms with van der Waals surface area (Å²) >= 11 is 0. The molecule has 3 nitrogen and oxygen atoms in total. The lowest BCUT2D eigenvalue weighted by molar-refractivity contribution is 0.634. The number of hydrogen-bond acceptors (Lipinski definition) is 3. The van der Waals surface area contributed by atoms with Crippen LogP contribution in [-0.4, -0.2) is 24.1 Å². The average molecular weight is 241 g/mol. The molecule has 1 saturated heterocycles. The normalized spacial score (nSPS) is 19.3. The molecule has 1 fully saturated rings. The minimum absolute atomic E-state index is 0.609. The van der Waals surface area contributed by atoms with Crippen molar-refractivity contribution in [2.24, 2.45) is 0 Å². The second-order valence-electron chi connectivity index (χ2n) is 5.00. The predicted octanol–water partition coefficient (Wildman–Crippen LogP) is 2.71. The van der Waals surface area contributed by atoms with E-state index in [1.165, 1.54) is 23.9 Å². The zero-order chi connectivity index (χ0) is 12.4. The number of para-hydroxylation sites is 1. The van der Waals surface area contributed by atoms with Gasteiger partial charge in [0.25, 0.3) is 0 Å². The third-order valence-corrected chi connectivity index (χ3v) is 3.55. The van der Waals surface area contributed by atoms with Crippen molar-refractivity contribution in [3.63, 3.8) is 0 Å². The molecule has 0 spiro atoms. The first-order valence-corrected chi connectivity index (χ1v) is 6.66. The molecule has 2 N–H and O–H groups in total. The Balaban J connectivity index is 1.85. The van der Waals surface area contributed by atoms with Crippen molar-refractivity contribution >= 4 is 16.6 Å². The lowest BCUT2D eigenvalue weighted by Gasteiger charge is -2.14. The number of hydrogen-bond donors (Lipinski definition) is 2. The van der Waals surface area contributed by atoms with Crippen LogP contribution in [-0.2, 0) is 0 Å². The highest BCUT2D eigenvalue weighted by Gasteiger charge is 2.13. The number of pyridine rings is 1. The largest absolute Gasteiger partial charge is 0.383 e. The molecule has 0 radical (unpaired) electrons. The molecule has 1 aromatic heterocycles. The van der Waals surface area contributed by atoms with Gasteiger partial charge >= 0.3 is 0 Å². The van der Waals surface area contributed by atoms with Crippen molar-refractivity contribution < 1.29 is 0 Å². The SMILES string of the molecule is Cc1cc(NCC2CCCN2)c2ccccc2n1. The maximum atomic E-state index is 4.56. The monoisotopic (exact) mass is 241 g/mol. The molecule has 1 unspecified atom stereocenters. The van der Waals surface area contributed by atoms with Crippen LogP contribution in [0.3, 0.4) is 0 Å². The Bertz CT molecular complexity index is 544. The van der Waals surface area contributed by atoms with Crippen LogP contribution in [0, 0.1) is 6.92 Å². The number of anilines is 1. The molecule has 1 aromatic carbocycles. The van der Waals surface area contributed by atoms with Gasteiger partial charge in [0, 0.05) is 29.4 Å². The fraction of sp³-hybridized carbons (Fsp3) is 0.400. The molecular weight excluding hydrogens is 222 g/mol. The molecule has 3 rings (SSSR count). The summed E-state index contributed by atoms with van der Waals surface area (Å²) in [5.74, 6) is 0. The minimum atomic E-state index is 0.609. The molecule has 1 atom stereocenters. The number of nitrogens with one attached hydrogen (secondary N) is 2. The maximum Gasteiger partial charge on any atom is 0.0725 e. The molecule has 0 amide bonds. The highest BCUT2D eigenvalue weighted by Crippen LogP contribution is 2.23. The molecule has 0 bridgehead atoms. The van der Waals surface area contributed by atoms with E-state index in [2.05, 4.69) is 39.9 Å².